The fourth-order valence-electron chi connectivity index (χ4n) is 3.73. The number of aromatic amines is 1. The summed E-state index contributed by atoms with van der Waals surface area (Å²) < 4.78 is 13.2. The van der Waals surface area contributed by atoms with Crippen molar-refractivity contribution in [1.29, 1.82) is 0 Å². The highest BCUT2D eigenvalue weighted by molar-refractivity contribution is 7.17. The van der Waals surface area contributed by atoms with E-state index in [1.807, 2.05) is 30.5 Å². The van der Waals surface area contributed by atoms with Crippen LogP contribution in [0.4, 0.5) is 11.6 Å². The molecule has 3 aromatic heterocycles. The summed E-state index contributed by atoms with van der Waals surface area (Å²) in [5.41, 5.74) is 2.95. The lowest BCUT2D eigenvalue weighted by Gasteiger charge is -2.18. The molecule has 0 unspecified atom stereocenters. The number of aromatic nitrogens is 4. The Kier molecular flexibility index (Phi) is 6.03. The third-order valence-electron chi connectivity index (χ3n) is 5.30. The number of H-pyrrole nitrogens is 1. The smallest absolute Gasteiger partial charge is 0.268 e. The number of nitrogens with zero attached hydrogens (tertiary/aromatic N) is 3. The first-order chi connectivity index (χ1) is 16.5. The van der Waals surface area contributed by atoms with Crippen LogP contribution in [0.25, 0.3) is 21.5 Å². The van der Waals surface area contributed by atoms with Crippen molar-refractivity contribution in [1.82, 2.24) is 19.7 Å². The second-order valence-corrected chi connectivity index (χ2v) is 9.22. The summed E-state index contributed by atoms with van der Waals surface area (Å²) in [6.45, 7) is 5.13. The Morgan fingerprint density at radius 2 is 2.24 bits per heavy atom. The predicted molar refractivity (Wildman–Crippen MR) is 129 cm³/mol. The van der Waals surface area contributed by atoms with Gasteiger partial charge in [-0.25, -0.2) is 4.98 Å². The molecule has 2 amide bonds. The highest BCUT2D eigenvalue weighted by atomic mass is 32.1. The van der Waals surface area contributed by atoms with Crippen LogP contribution < -0.4 is 15.4 Å². The average Bonchev–Trinajstić information content (AvgIpc) is 3.55. The van der Waals surface area contributed by atoms with Crippen LogP contribution in [0.2, 0.25) is 0 Å². The van der Waals surface area contributed by atoms with E-state index in [9.17, 15) is 9.59 Å². The number of aryl methyl sites for hydroxylation is 1. The van der Waals surface area contributed by atoms with Gasteiger partial charge in [0.15, 0.2) is 6.61 Å². The average molecular weight is 481 g/mol. The number of fused-ring (bicyclic) bond motifs is 2. The lowest BCUT2D eigenvalue weighted by molar-refractivity contribution is -0.118. The standard InChI is InChI=1S/C23H24N6O4S/c1-13(2)32-7-3-6-29-17-9-18-16(26-21(30)12-33-18)8-15(17)27-23(29)28-22(31)20-5-4-19(34-20)14-10-24-25-11-14/h4-5,8-11,13H,3,6-7,12H2,1-2H3,(H,24,25)(H,26,30)(H,27,28,31). The van der Waals surface area contributed by atoms with E-state index in [0.29, 0.717) is 40.9 Å². The number of thiophene rings is 1. The molecule has 34 heavy (non-hydrogen) atoms. The number of anilines is 2. The Morgan fingerprint density at radius 1 is 1.35 bits per heavy atom. The molecule has 4 heterocycles. The minimum Gasteiger partial charge on any atom is -0.482 e. The molecule has 0 bridgehead atoms. The van der Waals surface area contributed by atoms with Gasteiger partial charge < -0.3 is 19.4 Å². The van der Waals surface area contributed by atoms with Crippen molar-refractivity contribution in [3.05, 3.63) is 41.5 Å². The van der Waals surface area contributed by atoms with Crippen LogP contribution in [0.1, 0.15) is 29.9 Å². The summed E-state index contributed by atoms with van der Waals surface area (Å²) >= 11 is 1.38. The fourth-order valence-corrected chi connectivity index (χ4v) is 4.61. The normalized spacial score (nSPS) is 13.1. The number of imidazole rings is 1. The molecule has 4 aromatic rings. The van der Waals surface area contributed by atoms with Gasteiger partial charge in [-0.15, -0.1) is 11.3 Å². The van der Waals surface area contributed by atoms with Gasteiger partial charge in [0.2, 0.25) is 5.95 Å². The molecule has 0 fully saturated rings. The van der Waals surface area contributed by atoms with Crippen LogP contribution in [0.3, 0.4) is 0 Å². The Balaban J connectivity index is 1.44. The van der Waals surface area contributed by atoms with Gasteiger partial charge in [0.05, 0.1) is 33.9 Å². The van der Waals surface area contributed by atoms with Gasteiger partial charge in [0.1, 0.15) is 5.75 Å². The number of amides is 2. The van der Waals surface area contributed by atoms with Crippen molar-refractivity contribution in [3.63, 3.8) is 0 Å². The summed E-state index contributed by atoms with van der Waals surface area (Å²) in [5, 5.41) is 12.5. The molecule has 1 aliphatic rings. The first kappa shape index (κ1) is 22.1. The third kappa shape index (κ3) is 4.52. The molecule has 1 aromatic carbocycles. The second kappa shape index (κ2) is 9.27. The summed E-state index contributed by atoms with van der Waals surface area (Å²) in [6, 6.07) is 7.29. The zero-order valence-corrected chi connectivity index (χ0v) is 19.6. The minimum absolute atomic E-state index is 0.0319. The minimum atomic E-state index is -0.246. The van der Waals surface area contributed by atoms with Crippen molar-refractivity contribution in [3.8, 4) is 16.2 Å². The van der Waals surface area contributed by atoms with Crippen molar-refractivity contribution in [2.24, 2.45) is 0 Å². The molecule has 0 spiro atoms. The lowest BCUT2D eigenvalue weighted by atomic mass is 10.2. The quantitative estimate of drug-likeness (QED) is 0.329. The number of ether oxygens (including phenoxy) is 2. The van der Waals surface area contributed by atoms with Crippen LogP contribution in [0, 0.1) is 0 Å². The van der Waals surface area contributed by atoms with Gasteiger partial charge in [-0.3, -0.25) is 20.0 Å². The number of hydrogen-bond acceptors (Lipinski definition) is 7. The summed E-state index contributed by atoms with van der Waals surface area (Å²) in [6.07, 6.45) is 4.39. The molecular formula is C23H24N6O4S. The van der Waals surface area contributed by atoms with Gasteiger partial charge >= 0.3 is 0 Å². The zero-order valence-electron chi connectivity index (χ0n) is 18.8. The molecule has 11 heteroatoms. The lowest BCUT2D eigenvalue weighted by Crippen LogP contribution is -2.25. The zero-order chi connectivity index (χ0) is 23.7. The Labute approximate surface area is 199 Å². The van der Waals surface area contributed by atoms with Gasteiger partial charge in [-0.1, -0.05) is 0 Å². The van der Waals surface area contributed by atoms with E-state index in [0.717, 1.165) is 22.4 Å². The SMILES string of the molecule is CC(C)OCCCn1c(NC(=O)c2ccc(-c3cn[nH]c3)s2)nc2cc3c(cc21)OCC(=O)N3. The van der Waals surface area contributed by atoms with Crippen LogP contribution >= 0.6 is 11.3 Å². The number of benzene rings is 1. The maximum atomic E-state index is 13.1. The molecule has 0 radical (unpaired) electrons. The van der Waals surface area contributed by atoms with E-state index in [1.54, 1.807) is 24.5 Å². The first-order valence-corrected chi connectivity index (χ1v) is 11.8. The van der Waals surface area contributed by atoms with E-state index in [-0.39, 0.29) is 24.5 Å². The molecule has 10 nitrogen and oxygen atoms in total. The van der Waals surface area contributed by atoms with Crippen molar-refractivity contribution < 1.29 is 19.1 Å². The van der Waals surface area contributed by atoms with E-state index in [2.05, 4.69) is 25.8 Å². The molecule has 0 aliphatic carbocycles. The van der Waals surface area contributed by atoms with Crippen LogP contribution in [-0.2, 0) is 16.1 Å². The number of carbonyl (C=O) groups excluding carboxylic acids is 2. The van der Waals surface area contributed by atoms with Gasteiger partial charge in [-0.2, -0.15) is 5.10 Å². The predicted octanol–water partition coefficient (Wildman–Crippen LogP) is 3.89. The molecule has 0 atom stereocenters. The molecule has 5 rings (SSSR count). The molecule has 0 saturated heterocycles. The van der Waals surface area contributed by atoms with Crippen molar-refractivity contribution in [2.75, 3.05) is 23.8 Å². The molecule has 1 aliphatic heterocycles. The molecule has 176 valence electrons. The number of carbonyl (C=O) groups is 2. The Morgan fingerprint density at radius 3 is 3.03 bits per heavy atom. The topological polar surface area (TPSA) is 123 Å². The Hall–Kier alpha value is -3.70. The number of rotatable bonds is 8. The van der Waals surface area contributed by atoms with E-state index in [1.165, 1.54) is 11.3 Å². The third-order valence-corrected chi connectivity index (χ3v) is 6.43. The highest BCUT2D eigenvalue weighted by Crippen LogP contribution is 2.34. The van der Waals surface area contributed by atoms with E-state index >= 15 is 0 Å². The summed E-state index contributed by atoms with van der Waals surface area (Å²) in [4.78, 5) is 30.9. The Bertz CT molecular complexity index is 1340. The van der Waals surface area contributed by atoms with Crippen LogP contribution in [0.5, 0.6) is 5.75 Å². The fraction of sp³-hybridized carbons (Fsp3) is 0.304. The molecule has 3 N–H and O–H groups in total. The van der Waals surface area contributed by atoms with Crippen LogP contribution in [0.15, 0.2) is 36.7 Å². The maximum absolute atomic E-state index is 13.1. The molecule has 0 saturated carbocycles. The van der Waals surface area contributed by atoms with Gasteiger partial charge in [-0.05, 0) is 38.5 Å². The maximum Gasteiger partial charge on any atom is 0.268 e. The summed E-state index contributed by atoms with van der Waals surface area (Å²) in [5.74, 6) is 0.546. The van der Waals surface area contributed by atoms with E-state index in [4.69, 9.17) is 9.47 Å². The second-order valence-electron chi connectivity index (χ2n) is 8.14. The number of hydrogen-bond donors (Lipinski definition) is 3. The van der Waals surface area contributed by atoms with E-state index < -0.39 is 0 Å². The van der Waals surface area contributed by atoms with Crippen LogP contribution in [-0.4, -0.2) is 50.9 Å². The van der Waals surface area contributed by atoms with Crippen molar-refractivity contribution in [2.45, 2.75) is 32.9 Å². The number of nitrogens with one attached hydrogen (secondary N) is 3. The summed E-state index contributed by atoms with van der Waals surface area (Å²) in [7, 11) is 0. The largest absolute Gasteiger partial charge is 0.482 e. The van der Waals surface area contributed by atoms with Crippen molar-refractivity contribution >= 4 is 45.8 Å². The first-order valence-electron chi connectivity index (χ1n) is 11.0. The monoisotopic (exact) mass is 480 g/mol. The molecular weight excluding hydrogens is 456 g/mol. The van der Waals surface area contributed by atoms with Gasteiger partial charge in [0, 0.05) is 35.9 Å². The van der Waals surface area contributed by atoms with Gasteiger partial charge in [0.25, 0.3) is 11.8 Å². The highest BCUT2D eigenvalue weighted by Gasteiger charge is 2.21.